The number of furan rings is 1. The van der Waals surface area contributed by atoms with Crippen LogP contribution in [-0.2, 0) is 25.7 Å². The van der Waals surface area contributed by atoms with Crippen molar-refractivity contribution in [1.29, 1.82) is 0 Å². The zero-order chi connectivity index (χ0) is 20.6. The molecule has 0 fully saturated rings. The molecule has 0 saturated carbocycles. The number of fused-ring (bicyclic) bond motifs is 4. The first-order valence-corrected chi connectivity index (χ1v) is 11.2. The van der Waals surface area contributed by atoms with E-state index in [1.165, 1.54) is 29.5 Å². The number of aromatic nitrogens is 2. The molecule has 3 heterocycles. The SMILES string of the molecule is c1ccc(CCc2ccc3c(n2)oc2c(-c4cc5c(cn4)CCCC5)cccc23)cc1. The van der Waals surface area contributed by atoms with Gasteiger partial charge in [0.25, 0.3) is 0 Å². The predicted octanol–water partition coefficient (Wildman–Crippen LogP) is 6.71. The van der Waals surface area contributed by atoms with Gasteiger partial charge >= 0.3 is 0 Å². The molecule has 31 heavy (non-hydrogen) atoms. The molecule has 0 N–H and O–H groups in total. The van der Waals surface area contributed by atoms with Crippen LogP contribution >= 0.6 is 0 Å². The van der Waals surface area contributed by atoms with Crippen molar-refractivity contribution in [3.63, 3.8) is 0 Å². The number of nitrogens with zero attached hydrogens (tertiary/aromatic N) is 2. The Hall–Kier alpha value is -3.46. The summed E-state index contributed by atoms with van der Waals surface area (Å²) in [5.41, 5.74) is 8.87. The maximum absolute atomic E-state index is 6.32. The number of hydrogen-bond donors (Lipinski definition) is 0. The molecule has 1 aliphatic rings. The highest BCUT2D eigenvalue weighted by atomic mass is 16.3. The molecule has 1 aliphatic carbocycles. The van der Waals surface area contributed by atoms with E-state index in [9.17, 15) is 0 Å². The van der Waals surface area contributed by atoms with Gasteiger partial charge in [-0.15, -0.1) is 0 Å². The molecule has 2 aromatic carbocycles. The molecule has 3 nitrogen and oxygen atoms in total. The van der Waals surface area contributed by atoms with Gasteiger partial charge in [0.1, 0.15) is 5.58 Å². The van der Waals surface area contributed by atoms with Gasteiger partial charge in [0, 0.05) is 28.2 Å². The molecule has 3 aromatic heterocycles. The van der Waals surface area contributed by atoms with Gasteiger partial charge in [-0.05, 0) is 79.5 Å². The molecule has 0 radical (unpaired) electrons. The average Bonchev–Trinajstić information content (AvgIpc) is 3.21. The van der Waals surface area contributed by atoms with E-state index in [1.807, 2.05) is 0 Å². The molecule has 0 spiro atoms. The van der Waals surface area contributed by atoms with Gasteiger partial charge in [-0.1, -0.05) is 42.5 Å². The molecule has 0 amide bonds. The van der Waals surface area contributed by atoms with Crippen LogP contribution in [0.4, 0.5) is 0 Å². The largest absolute Gasteiger partial charge is 0.437 e. The van der Waals surface area contributed by atoms with Crippen molar-refractivity contribution in [2.24, 2.45) is 0 Å². The molecule has 0 aliphatic heterocycles. The lowest BCUT2D eigenvalue weighted by molar-refractivity contribution is 0.651. The Kier molecular flexibility index (Phi) is 4.53. The zero-order valence-corrected chi connectivity index (χ0v) is 17.5. The quantitative estimate of drug-likeness (QED) is 0.334. The second-order valence-corrected chi connectivity index (χ2v) is 8.47. The molecule has 0 atom stereocenters. The maximum atomic E-state index is 6.32. The van der Waals surface area contributed by atoms with Gasteiger partial charge in [-0.3, -0.25) is 4.98 Å². The predicted molar refractivity (Wildman–Crippen MR) is 125 cm³/mol. The fourth-order valence-corrected chi connectivity index (χ4v) is 4.74. The first kappa shape index (κ1) is 18.3. The van der Waals surface area contributed by atoms with Crippen LogP contribution in [0.3, 0.4) is 0 Å². The summed E-state index contributed by atoms with van der Waals surface area (Å²) in [6, 6.07) is 23.4. The summed E-state index contributed by atoms with van der Waals surface area (Å²) in [6.07, 6.45) is 8.76. The minimum Gasteiger partial charge on any atom is -0.437 e. The summed E-state index contributed by atoms with van der Waals surface area (Å²) in [6.45, 7) is 0. The minimum atomic E-state index is 0.714. The molecule has 3 heteroatoms. The molecule has 0 bridgehead atoms. The molecular weight excluding hydrogens is 380 g/mol. The van der Waals surface area contributed by atoms with Crippen molar-refractivity contribution >= 4 is 22.1 Å². The Morgan fingerprint density at radius 3 is 2.55 bits per heavy atom. The van der Waals surface area contributed by atoms with Crippen molar-refractivity contribution in [3.05, 3.63) is 95.3 Å². The fraction of sp³-hybridized carbons (Fsp3) is 0.214. The number of benzene rings is 2. The van der Waals surface area contributed by atoms with Crippen LogP contribution in [0.1, 0.15) is 35.2 Å². The van der Waals surface area contributed by atoms with Crippen molar-refractivity contribution in [2.45, 2.75) is 38.5 Å². The van der Waals surface area contributed by atoms with E-state index in [1.54, 1.807) is 0 Å². The standard InChI is InChI=1S/C28H24N2O/c1-2-7-19(8-3-1)13-14-22-15-16-24-23-11-6-12-25(27(23)31-28(24)30-22)26-17-20-9-4-5-10-21(20)18-29-26/h1-3,6-8,11-12,15-18H,4-5,9-10,13-14H2. The summed E-state index contributed by atoms with van der Waals surface area (Å²) >= 11 is 0. The van der Waals surface area contributed by atoms with Gasteiger partial charge in [-0.2, -0.15) is 0 Å². The van der Waals surface area contributed by atoms with Crippen molar-refractivity contribution in [2.75, 3.05) is 0 Å². The Morgan fingerprint density at radius 2 is 1.65 bits per heavy atom. The second kappa shape index (κ2) is 7.66. The van der Waals surface area contributed by atoms with Crippen LogP contribution in [0.25, 0.3) is 33.3 Å². The van der Waals surface area contributed by atoms with Crippen LogP contribution < -0.4 is 0 Å². The van der Waals surface area contributed by atoms with Crippen LogP contribution in [0, 0.1) is 0 Å². The third-order valence-electron chi connectivity index (χ3n) is 6.44. The molecular formula is C28H24N2O. The van der Waals surface area contributed by atoms with E-state index >= 15 is 0 Å². The first-order valence-electron chi connectivity index (χ1n) is 11.2. The van der Waals surface area contributed by atoms with Crippen molar-refractivity contribution < 1.29 is 4.42 Å². The van der Waals surface area contributed by atoms with Crippen LogP contribution in [0.5, 0.6) is 0 Å². The van der Waals surface area contributed by atoms with E-state index in [4.69, 9.17) is 14.4 Å². The molecule has 6 rings (SSSR count). The summed E-state index contributed by atoms with van der Waals surface area (Å²) < 4.78 is 6.32. The van der Waals surface area contributed by atoms with Gasteiger partial charge in [-0.25, -0.2) is 4.98 Å². The number of pyridine rings is 2. The van der Waals surface area contributed by atoms with E-state index in [-0.39, 0.29) is 0 Å². The Bertz CT molecular complexity index is 1380. The highest BCUT2D eigenvalue weighted by Gasteiger charge is 2.16. The first-order chi connectivity index (χ1) is 15.3. The van der Waals surface area contributed by atoms with Crippen LogP contribution in [0.2, 0.25) is 0 Å². The normalized spacial score (nSPS) is 13.5. The third-order valence-corrected chi connectivity index (χ3v) is 6.44. The van der Waals surface area contributed by atoms with Gasteiger partial charge < -0.3 is 4.42 Å². The van der Waals surface area contributed by atoms with E-state index in [2.05, 4.69) is 72.9 Å². The molecule has 0 unspecified atom stereocenters. The summed E-state index contributed by atoms with van der Waals surface area (Å²) in [7, 11) is 0. The molecule has 0 saturated heterocycles. The number of para-hydroxylation sites is 1. The number of hydrogen-bond acceptors (Lipinski definition) is 3. The molecule has 5 aromatic rings. The smallest absolute Gasteiger partial charge is 0.227 e. The van der Waals surface area contributed by atoms with Crippen LogP contribution in [-0.4, -0.2) is 9.97 Å². The van der Waals surface area contributed by atoms with E-state index < -0.39 is 0 Å². The Labute approximate surface area is 181 Å². The zero-order valence-electron chi connectivity index (χ0n) is 17.5. The van der Waals surface area contributed by atoms with Crippen molar-refractivity contribution in [1.82, 2.24) is 9.97 Å². The van der Waals surface area contributed by atoms with E-state index in [0.717, 1.165) is 59.0 Å². The van der Waals surface area contributed by atoms with Crippen LogP contribution in [0.15, 0.2) is 77.3 Å². The summed E-state index contributed by atoms with van der Waals surface area (Å²) in [5.74, 6) is 0. The molecule has 152 valence electrons. The minimum absolute atomic E-state index is 0.714. The highest BCUT2D eigenvalue weighted by molar-refractivity contribution is 6.08. The Morgan fingerprint density at radius 1 is 0.774 bits per heavy atom. The monoisotopic (exact) mass is 404 g/mol. The summed E-state index contributed by atoms with van der Waals surface area (Å²) in [5, 5.41) is 2.17. The Balaban J connectivity index is 1.38. The average molecular weight is 405 g/mol. The van der Waals surface area contributed by atoms with Gasteiger partial charge in [0.05, 0.1) is 5.69 Å². The summed E-state index contributed by atoms with van der Waals surface area (Å²) in [4.78, 5) is 9.63. The van der Waals surface area contributed by atoms with Gasteiger partial charge in [0.2, 0.25) is 5.71 Å². The van der Waals surface area contributed by atoms with Crippen molar-refractivity contribution in [3.8, 4) is 11.3 Å². The lowest BCUT2D eigenvalue weighted by Gasteiger charge is -2.15. The fourth-order valence-electron chi connectivity index (χ4n) is 4.74. The second-order valence-electron chi connectivity index (χ2n) is 8.47. The third kappa shape index (κ3) is 3.40. The van der Waals surface area contributed by atoms with Gasteiger partial charge in [0.15, 0.2) is 0 Å². The number of rotatable bonds is 4. The topological polar surface area (TPSA) is 38.9 Å². The lowest BCUT2D eigenvalue weighted by Crippen LogP contribution is -2.03. The number of aryl methyl sites for hydroxylation is 4. The lowest BCUT2D eigenvalue weighted by atomic mass is 9.92. The van der Waals surface area contributed by atoms with E-state index in [0.29, 0.717) is 5.71 Å². The highest BCUT2D eigenvalue weighted by Crippen LogP contribution is 2.35. The maximum Gasteiger partial charge on any atom is 0.227 e.